The molecule has 2 amide bonds. The highest BCUT2D eigenvalue weighted by atomic mass is 35.5. The number of hydrogen-bond donors (Lipinski definition) is 2. The van der Waals surface area contributed by atoms with Crippen LogP contribution in [0.2, 0.25) is 5.02 Å². The van der Waals surface area contributed by atoms with Gasteiger partial charge in [-0.05, 0) is 30.5 Å². The summed E-state index contributed by atoms with van der Waals surface area (Å²) in [5.74, 6) is 0. The summed E-state index contributed by atoms with van der Waals surface area (Å²) < 4.78 is 4.95. The van der Waals surface area contributed by atoms with Crippen LogP contribution >= 0.6 is 11.6 Å². The first-order valence-corrected chi connectivity index (χ1v) is 7.85. The fraction of sp³-hybridized carbons (Fsp3) is 0.562. The number of ether oxygens (including phenoxy) is 1. The van der Waals surface area contributed by atoms with Gasteiger partial charge in [0.25, 0.3) is 0 Å². The van der Waals surface area contributed by atoms with Crippen LogP contribution in [0.4, 0.5) is 4.79 Å². The molecule has 1 aliphatic rings. The van der Waals surface area contributed by atoms with Crippen molar-refractivity contribution in [3.05, 3.63) is 34.9 Å². The number of hydrogen-bond acceptors (Lipinski definition) is 2. The van der Waals surface area contributed by atoms with E-state index in [1.807, 2.05) is 24.3 Å². The second-order valence-corrected chi connectivity index (χ2v) is 5.96. The average molecular weight is 311 g/mol. The Kier molecular flexibility index (Phi) is 5.88. The highest BCUT2D eigenvalue weighted by molar-refractivity contribution is 6.30. The van der Waals surface area contributed by atoms with Crippen molar-refractivity contribution in [2.24, 2.45) is 0 Å². The van der Waals surface area contributed by atoms with E-state index >= 15 is 0 Å². The number of urea groups is 1. The predicted octanol–water partition coefficient (Wildman–Crippen LogP) is 3.45. The van der Waals surface area contributed by atoms with Crippen LogP contribution in [0.1, 0.15) is 37.7 Å². The maximum Gasteiger partial charge on any atom is 0.315 e. The lowest BCUT2D eigenvalue weighted by molar-refractivity contribution is 0.185. The molecule has 2 rings (SSSR count). The molecule has 1 saturated carbocycles. The van der Waals surface area contributed by atoms with Gasteiger partial charge in [-0.25, -0.2) is 4.79 Å². The summed E-state index contributed by atoms with van der Waals surface area (Å²) in [6, 6.07) is 7.67. The number of halogens is 1. The molecule has 116 valence electrons. The number of benzene rings is 1. The van der Waals surface area contributed by atoms with Crippen LogP contribution in [0, 0.1) is 0 Å². The van der Waals surface area contributed by atoms with Gasteiger partial charge < -0.3 is 15.4 Å². The van der Waals surface area contributed by atoms with Crippen molar-refractivity contribution in [1.82, 2.24) is 10.6 Å². The Labute approximate surface area is 131 Å². The molecule has 0 aromatic heterocycles. The first-order chi connectivity index (χ1) is 10.2. The zero-order valence-electron chi connectivity index (χ0n) is 12.5. The Hall–Kier alpha value is -1.26. The maximum absolute atomic E-state index is 12.1. The van der Waals surface area contributed by atoms with Crippen LogP contribution in [0.15, 0.2) is 24.3 Å². The molecule has 1 aliphatic carbocycles. The molecule has 1 fully saturated rings. The van der Waals surface area contributed by atoms with E-state index in [1.165, 1.54) is 6.42 Å². The van der Waals surface area contributed by atoms with E-state index < -0.39 is 0 Å². The minimum absolute atomic E-state index is 0.135. The Bertz CT molecular complexity index is 456. The zero-order chi connectivity index (χ0) is 15.1. The summed E-state index contributed by atoms with van der Waals surface area (Å²) in [4.78, 5) is 12.1. The lowest BCUT2D eigenvalue weighted by Gasteiger charge is -2.38. The van der Waals surface area contributed by atoms with Crippen LogP contribution in [0.3, 0.4) is 0 Å². The largest absolute Gasteiger partial charge is 0.383 e. The minimum atomic E-state index is -0.278. The number of rotatable bonds is 5. The first-order valence-electron chi connectivity index (χ1n) is 7.47. The molecule has 21 heavy (non-hydrogen) atoms. The summed E-state index contributed by atoms with van der Waals surface area (Å²) in [6.45, 7) is 1.03. The van der Waals surface area contributed by atoms with Crippen molar-refractivity contribution in [3.8, 4) is 0 Å². The Morgan fingerprint density at radius 2 is 1.90 bits per heavy atom. The molecule has 0 unspecified atom stereocenters. The van der Waals surface area contributed by atoms with Crippen LogP contribution in [-0.2, 0) is 10.3 Å². The van der Waals surface area contributed by atoms with Crippen molar-refractivity contribution < 1.29 is 9.53 Å². The van der Waals surface area contributed by atoms with Gasteiger partial charge in [0, 0.05) is 18.7 Å². The van der Waals surface area contributed by atoms with Crippen LogP contribution in [0.5, 0.6) is 0 Å². The lowest BCUT2D eigenvalue weighted by atomic mass is 9.76. The third kappa shape index (κ3) is 4.35. The lowest BCUT2D eigenvalue weighted by Crippen LogP contribution is -2.51. The van der Waals surface area contributed by atoms with Crippen LogP contribution in [-0.4, -0.2) is 26.3 Å². The van der Waals surface area contributed by atoms with Crippen molar-refractivity contribution in [1.29, 1.82) is 0 Å². The van der Waals surface area contributed by atoms with E-state index in [4.69, 9.17) is 16.3 Å². The third-order valence-electron chi connectivity index (χ3n) is 4.05. The van der Waals surface area contributed by atoms with E-state index in [0.717, 1.165) is 31.2 Å². The molecule has 0 spiro atoms. The number of amides is 2. The molecule has 0 saturated heterocycles. The van der Waals surface area contributed by atoms with E-state index in [1.54, 1.807) is 7.11 Å². The standard InChI is InChI=1S/C16H23ClN2O2/c1-21-12-11-18-15(20)19-16(9-3-2-4-10-16)13-5-7-14(17)8-6-13/h5-8H,2-4,9-12H2,1H3,(H2,18,19,20). The molecule has 0 bridgehead atoms. The summed E-state index contributed by atoms with van der Waals surface area (Å²) in [5, 5.41) is 6.73. The van der Waals surface area contributed by atoms with E-state index in [2.05, 4.69) is 10.6 Å². The molecule has 4 nitrogen and oxygen atoms in total. The van der Waals surface area contributed by atoms with Gasteiger partial charge >= 0.3 is 6.03 Å². The summed E-state index contributed by atoms with van der Waals surface area (Å²) in [5.41, 5.74) is 0.855. The molecular weight excluding hydrogens is 288 g/mol. The smallest absolute Gasteiger partial charge is 0.315 e. The fourth-order valence-electron chi connectivity index (χ4n) is 2.94. The summed E-state index contributed by atoms with van der Waals surface area (Å²) in [6.07, 6.45) is 5.41. The van der Waals surface area contributed by atoms with E-state index in [-0.39, 0.29) is 11.6 Å². The molecule has 1 aromatic rings. The van der Waals surface area contributed by atoms with Crippen LogP contribution < -0.4 is 10.6 Å². The molecule has 0 radical (unpaired) electrons. The van der Waals surface area contributed by atoms with Gasteiger partial charge in [0.2, 0.25) is 0 Å². The minimum Gasteiger partial charge on any atom is -0.383 e. The third-order valence-corrected chi connectivity index (χ3v) is 4.30. The topological polar surface area (TPSA) is 50.4 Å². The van der Waals surface area contributed by atoms with Gasteiger partial charge in [-0.1, -0.05) is 43.0 Å². The van der Waals surface area contributed by atoms with Gasteiger partial charge in [0.1, 0.15) is 0 Å². The Morgan fingerprint density at radius 1 is 1.24 bits per heavy atom. The van der Waals surface area contributed by atoms with Crippen molar-refractivity contribution in [2.75, 3.05) is 20.3 Å². The molecule has 0 atom stereocenters. The molecule has 1 aromatic carbocycles. The number of nitrogens with one attached hydrogen (secondary N) is 2. The summed E-state index contributed by atoms with van der Waals surface area (Å²) in [7, 11) is 1.62. The molecular formula is C16H23ClN2O2. The van der Waals surface area contributed by atoms with Crippen molar-refractivity contribution >= 4 is 17.6 Å². The first kappa shape index (κ1) is 16.1. The molecule has 5 heteroatoms. The fourth-order valence-corrected chi connectivity index (χ4v) is 3.06. The summed E-state index contributed by atoms with van der Waals surface area (Å²) >= 11 is 5.97. The van der Waals surface area contributed by atoms with Crippen molar-refractivity contribution in [3.63, 3.8) is 0 Å². The van der Waals surface area contributed by atoms with E-state index in [9.17, 15) is 4.79 Å². The van der Waals surface area contributed by atoms with Crippen LogP contribution in [0.25, 0.3) is 0 Å². The Balaban J connectivity index is 2.09. The number of carbonyl (C=O) groups is 1. The monoisotopic (exact) mass is 310 g/mol. The average Bonchev–Trinajstić information content (AvgIpc) is 2.49. The molecule has 2 N–H and O–H groups in total. The SMILES string of the molecule is COCCNC(=O)NC1(c2ccc(Cl)cc2)CCCCC1. The zero-order valence-corrected chi connectivity index (χ0v) is 13.2. The quantitative estimate of drug-likeness (QED) is 0.818. The normalized spacial score (nSPS) is 17.2. The highest BCUT2D eigenvalue weighted by Crippen LogP contribution is 2.37. The van der Waals surface area contributed by atoms with Gasteiger partial charge in [-0.2, -0.15) is 0 Å². The molecule has 0 heterocycles. The van der Waals surface area contributed by atoms with Gasteiger partial charge in [-0.3, -0.25) is 0 Å². The van der Waals surface area contributed by atoms with Gasteiger partial charge in [-0.15, -0.1) is 0 Å². The van der Waals surface area contributed by atoms with Gasteiger partial charge in [0.05, 0.1) is 12.1 Å². The van der Waals surface area contributed by atoms with Gasteiger partial charge in [0.15, 0.2) is 0 Å². The second-order valence-electron chi connectivity index (χ2n) is 5.52. The highest BCUT2D eigenvalue weighted by Gasteiger charge is 2.35. The number of methoxy groups -OCH3 is 1. The number of carbonyl (C=O) groups excluding carboxylic acids is 1. The van der Waals surface area contributed by atoms with Crippen molar-refractivity contribution in [2.45, 2.75) is 37.6 Å². The molecule has 0 aliphatic heterocycles. The predicted molar refractivity (Wildman–Crippen MR) is 84.6 cm³/mol. The second kappa shape index (κ2) is 7.66. The maximum atomic E-state index is 12.1. The van der Waals surface area contributed by atoms with E-state index in [0.29, 0.717) is 18.2 Å². The Morgan fingerprint density at radius 3 is 2.52 bits per heavy atom.